The van der Waals surface area contributed by atoms with Gasteiger partial charge in [0.25, 0.3) is 0 Å². The van der Waals surface area contributed by atoms with Crippen LogP contribution in [0.3, 0.4) is 0 Å². The summed E-state index contributed by atoms with van der Waals surface area (Å²) in [7, 11) is 1.65. The third kappa shape index (κ3) is 2.32. The number of fused-ring (bicyclic) bond motifs is 1. The normalized spacial score (nSPS) is 10.9. The molecule has 0 saturated carbocycles. The van der Waals surface area contributed by atoms with Gasteiger partial charge in [-0.1, -0.05) is 23.7 Å². The van der Waals surface area contributed by atoms with Crippen molar-refractivity contribution in [2.24, 2.45) is 0 Å². The second-order valence-corrected chi connectivity index (χ2v) is 4.81. The van der Waals surface area contributed by atoms with E-state index in [4.69, 9.17) is 16.3 Å². The predicted octanol–water partition coefficient (Wildman–Crippen LogP) is 2.85. The van der Waals surface area contributed by atoms with Gasteiger partial charge in [0.05, 0.1) is 20.0 Å². The molecule has 20 heavy (non-hydrogen) atoms. The van der Waals surface area contributed by atoms with E-state index in [9.17, 15) is 0 Å². The highest BCUT2D eigenvalue weighted by Gasteiger charge is 2.10. The fourth-order valence-electron chi connectivity index (χ4n) is 2.06. The molecule has 2 heterocycles. The van der Waals surface area contributed by atoms with Crippen molar-refractivity contribution >= 4 is 22.8 Å². The van der Waals surface area contributed by atoms with Gasteiger partial charge >= 0.3 is 0 Å². The van der Waals surface area contributed by atoms with Crippen LogP contribution in [0.2, 0.25) is 5.15 Å². The Kier molecular flexibility index (Phi) is 3.28. The quantitative estimate of drug-likeness (QED) is 0.696. The summed E-state index contributed by atoms with van der Waals surface area (Å²) in [4.78, 5) is 12.8. The molecule has 3 aromatic rings. The van der Waals surface area contributed by atoms with Crippen molar-refractivity contribution in [1.29, 1.82) is 0 Å². The highest BCUT2D eigenvalue weighted by Crippen LogP contribution is 2.20. The van der Waals surface area contributed by atoms with Crippen LogP contribution in [-0.4, -0.2) is 26.6 Å². The van der Waals surface area contributed by atoms with E-state index >= 15 is 0 Å². The topological polar surface area (TPSA) is 52.8 Å². The van der Waals surface area contributed by atoms with Crippen LogP contribution in [0.15, 0.2) is 30.6 Å². The van der Waals surface area contributed by atoms with E-state index in [0.29, 0.717) is 23.0 Å². The molecule has 0 unspecified atom stereocenters. The third-order valence-electron chi connectivity index (χ3n) is 3.05. The molecule has 5 nitrogen and oxygen atoms in total. The number of halogens is 1. The molecular formula is C14H13ClN4O. The Hall–Kier alpha value is -2.14. The van der Waals surface area contributed by atoms with Crippen LogP contribution >= 0.6 is 11.6 Å². The van der Waals surface area contributed by atoms with Crippen molar-refractivity contribution in [3.63, 3.8) is 0 Å². The van der Waals surface area contributed by atoms with Crippen molar-refractivity contribution in [1.82, 2.24) is 19.5 Å². The second-order valence-electron chi connectivity index (χ2n) is 4.45. The van der Waals surface area contributed by atoms with E-state index in [1.165, 1.54) is 0 Å². The van der Waals surface area contributed by atoms with Gasteiger partial charge in [-0.05, 0) is 24.6 Å². The minimum atomic E-state index is 0.390. The molecule has 0 aliphatic carbocycles. The predicted molar refractivity (Wildman–Crippen MR) is 77.2 cm³/mol. The SMILES string of the molecule is COc1ccc(Cn2cnc3c(Cl)nc(C)nc32)cc1. The van der Waals surface area contributed by atoms with Gasteiger partial charge in [-0.2, -0.15) is 0 Å². The molecule has 0 amide bonds. The summed E-state index contributed by atoms with van der Waals surface area (Å²) >= 11 is 6.07. The van der Waals surface area contributed by atoms with Crippen LogP contribution in [0.25, 0.3) is 11.2 Å². The Morgan fingerprint density at radius 1 is 1.20 bits per heavy atom. The first-order valence-corrected chi connectivity index (χ1v) is 6.53. The molecule has 0 atom stereocenters. The van der Waals surface area contributed by atoms with Gasteiger partial charge in [-0.15, -0.1) is 0 Å². The molecule has 0 aliphatic rings. The van der Waals surface area contributed by atoms with Crippen LogP contribution in [-0.2, 0) is 6.54 Å². The number of hydrogen-bond donors (Lipinski definition) is 0. The third-order valence-corrected chi connectivity index (χ3v) is 3.31. The van der Waals surface area contributed by atoms with Crippen LogP contribution < -0.4 is 4.74 Å². The molecule has 0 radical (unpaired) electrons. The standard InChI is InChI=1S/C14H13ClN4O/c1-9-17-13(15)12-14(18-9)19(8-16-12)7-10-3-5-11(20-2)6-4-10/h3-6,8H,7H2,1-2H3. The number of rotatable bonds is 3. The number of aryl methyl sites for hydroxylation is 1. The molecular weight excluding hydrogens is 276 g/mol. The maximum atomic E-state index is 6.07. The van der Waals surface area contributed by atoms with Gasteiger partial charge in [0.1, 0.15) is 17.1 Å². The highest BCUT2D eigenvalue weighted by atomic mass is 35.5. The highest BCUT2D eigenvalue weighted by molar-refractivity contribution is 6.33. The molecule has 0 N–H and O–H groups in total. The van der Waals surface area contributed by atoms with E-state index in [1.54, 1.807) is 13.4 Å². The van der Waals surface area contributed by atoms with Gasteiger partial charge < -0.3 is 9.30 Å². The molecule has 1 aromatic carbocycles. The van der Waals surface area contributed by atoms with E-state index in [1.807, 2.05) is 35.8 Å². The van der Waals surface area contributed by atoms with Crippen LogP contribution in [0.5, 0.6) is 5.75 Å². The van der Waals surface area contributed by atoms with Gasteiger partial charge in [0.2, 0.25) is 0 Å². The molecule has 0 fully saturated rings. The minimum Gasteiger partial charge on any atom is -0.497 e. The number of ether oxygens (including phenoxy) is 1. The van der Waals surface area contributed by atoms with Crippen LogP contribution in [0.4, 0.5) is 0 Å². The van der Waals surface area contributed by atoms with E-state index < -0.39 is 0 Å². The molecule has 102 valence electrons. The maximum Gasteiger partial charge on any atom is 0.165 e. The first-order valence-electron chi connectivity index (χ1n) is 6.15. The summed E-state index contributed by atoms with van der Waals surface area (Å²) in [6.07, 6.45) is 1.73. The van der Waals surface area contributed by atoms with Gasteiger partial charge in [0, 0.05) is 0 Å². The Labute approximate surface area is 121 Å². The zero-order valence-electron chi connectivity index (χ0n) is 11.2. The number of nitrogens with zero attached hydrogens (tertiary/aromatic N) is 4. The summed E-state index contributed by atoms with van der Waals surface area (Å²) in [6, 6.07) is 7.89. The molecule has 0 aliphatic heterocycles. The summed E-state index contributed by atoms with van der Waals surface area (Å²) in [5.41, 5.74) is 2.52. The Morgan fingerprint density at radius 2 is 1.95 bits per heavy atom. The molecule has 3 rings (SSSR count). The van der Waals surface area contributed by atoms with Crippen molar-refractivity contribution < 1.29 is 4.74 Å². The lowest BCUT2D eigenvalue weighted by atomic mass is 10.2. The summed E-state index contributed by atoms with van der Waals surface area (Å²) in [5, 5.41) is 0.390. The van der Waals surface area contributed by atoms with Gasteiger partial charge in [-0.3, -0.25) is 0 Å². The summed E-state index contributed by atoms with van der Waals surface area (Å²) in [6.45, 7) is 2.49. The lowest BCUT2D eigenvalue weighted by Gasteiger charge is -2.06. The first-order chi connectivity index (χ1) is 9.67. The number of imidazole rings is 1. The average molecular weight is 289 g/mol. The number of methoxy groups -OCH3 is 1. The lowest BCUT2D eigenvalue weighted by molar-refractivity contribution is 0.414. The van der Waals surface area contributed by atoms with E-state index in [2.05, 4.69) is 15.0 Å². The molecule has 0 bridgehead atoms. The maximum absolute atomic E-state index is 6.07. The van der Waals surface area contributed by atoms with Crippen molar-refractivity contribution in [3.8, 4) is 5.75 Å². The fraction of sp³-hybridized carbons (Fsp3) is 0.214. The number of hydrogen-bond acceptors (Lipinski definition) is 4. The monoisotopic (exact) mass is 288 g/mol. The van der Waals surface area contributed by atoms with E-state index in [-0.39, 0.29) is 0 Å². The average Bonchev–Trinajstić information content (AvgIpc) is 2.83. The zero-order chi connectivity index (χ0) is 14.1. The van der Waals surface area contributed by atoms with Crippen molar-refractivity contribution in [2.45, 2.75) is 13.5 Å². The van der Waals surface area contributed by atoms with Crippen LogP contribution in [0, 0.1) is 6.92 Å². The number of aromatic nitrogens is 4. The minimum absolute atomic E-state index is 0.390. The Balaban J connectivity index is 1.97. The fourth-order valence-corrected chi connectivity index (χ4v) is 2.31. The van der Waals surface area contributed by atoms with Gasteiger partial charge in [-0.25, -0.2) is 15.0 Å². The van der Waals surface area contributed by atoms with Gasteiger partial charge in [0.15, 0.2) is 10.8 Å². The Morgan fingerprint density at radius 3 is 2.65 bits per heavy atom. The molecule has 2 aromatic heterocycles. The molecule has 0 spiro atoms. The summed E-state index contributed by atoms with van der Waals surface area (Å²) < 4.78 is 7.10. The zero-order valence-corrected chi connectivity index (χ0v) is 11.9. The van der Waals surface area contributed by atoms with E-state index in [0.717, 1.165) is 17.0 Å². The molecule has 0 saturated heterocycles. The van der Waals surface area contributed by atoms with Crippen molar-refractivity contribution in [3.05, 3.63) is 47.1 Å². The molecule has 6 heteroatoms. The second kappa shape index (κ2) is 5.09. The summed E-state index contributed by atoms with van der Waals surface area (Å²) in [5.74, 6) is 1.48. The number of benzene rings is 1. The van der Waals surface area contributed by atoms with Crippen molar-refractivity contribution in [2.75, 3.05) is 7.11 Å². The van der Waals surface area contributed by atoms with Crippen LogP contribution in [0.1, 0.15) is 11.4 Å². The Bertz CT molecular complexity index is 752. The largest absolute Gasteiger partial charge is 0.497 e. The first kappa shape index (κ1) is 12.9. The smallest absolute Gasteiger partial charge is 0.165 e. The lowest BCUT2D eigenvalue weighted by Crippen LogP contribution is -2.01.